The van der Waals surface area contributed by atoms with Gasteiger partial charge in [-0.25, -0.2) is 4.39 Å². The number of aryl methyl sites for hydroxylation is 1. The van der Waals surface area contributed by atoms with Gasteiger partial charge in [0.05, 0.1) is 7.11 Å². The number of hydrogen-bond acceptors (Lipinski definition) is 2. The Labute approximate surface area is 92.2 Å². The average molecular weight is 221 g/mol. The smallest absolute Gasteiger partial charge is 0.305 e. The van der Waals surface area contributed by atoms with Crippen LogP contribution < -0.4 is 0 Å². The zero-order valence-corrected chi connectivity index (χ0v) is 8.92. The van der Waals surface area contributed by atoms with Crippen molar-refractivity contribution >= 4 is 16.9 Å². The molecule has 0 aliphatic heterocycles. The van der Waals surface area contributed by atoms with Gasteiger partial charge in [0.15, 0.2) is 0 Å². The SMILES string of the molecule is COC(=O)CCc1c[nH]c2cccc(F)c12. The molecular formula is C12H12FNO2. The second kappa shape index (κ2) is 4.35. The van der Waals surface area contributed by atoms with E-state index in [1.807, 2.05) is 0 Å². The van der Waals surface area contributed by atoms with Gasteiger partial charge >= 0.3 is 5.97 Å². The fourth-order valence-corrected chi connectivity index (χ4v) is 1.74. The van der Waals surface area contributed by atoms with Crippen LogP contribution in [0.2, 0.25) is 0 Å². The Kier molecular flexibility index (Phi) is 2.90. The number of fused-ring (bicyclic) bond motifs is 1. The number of H-pyrrole nitrogens is 1. The maximum atomic E-state index is 13.6. The van der Waals surface area contributed by atoms with Crippen LogP contribution in [-0.2, 0) is 16.0 Å². The van der Waals surface area contributed by atoms with Gasteiger partial charge in [0, 0.05) is 23.5 Å². The number of hydrogen-bond donors (Lipinski definition) is 1. The van der Waals surface area contributed by atoms with E-state index < -0.39 is 0 Å². The lowest BCUT2D eigenvalue weighted by molar-refractivity contribution is -0.140. The zero-order valence-electron chi connectivity index (χ0n) is 8.92. The Balaban J connectivity index is 2.28. The summed E-state index contributed by atoms with van der Waals surface area (Å²) in [6.45, 7) is 0. The molecule has 0 fully saturated rings. The number of nitrogens with one attached hydrogen (secondary N) is 1. The van der Waals surface area contributed by atoms with Crippen LogP contribution in [0, 0.1) is 5.82 Å². The second-order valence-electron chi connectivity index (χ2n) is 3.55. The zero-order chi connectivity index (χ0) is 11.5. The number of aromatic nitrogens is 1. The van der Waals surface area contributed by atoms with Crippen molar-refractivity contribution in [1.82, 2.24) is 4.98 Å². The number of rotatable bonds is 3. The molecule has 84 valence electrons. The average Bonchev–Trinajstić information content (AvgIpc) is 2.70. The third kappa shape index (κ3) is 1.91. The van der Waals surface area contributed by atoms with Gasteiger partial charge in [-0.15, -0.1) is 0 Å². The highest BCUT2D eigenvalue weighted by Crippen LogP contribution is 2.22. The molecule has 0 saturated heterocycles. The monoisotopic (exact) mass is 221 g/mol. The molecule has 0 amide bonds. The third-order valence-electron chi connectivity index (χ3n) is 2.56. The number of carbonyl (C=O) groups is 1. The van der Waals surface area contributed by atoms with Crippen LogP contribution in [0.25, 0.3) is 10.9 Å². The second-order valence-corrected chi connectivity index (χ2v) is 3.55. The molecule has 0 aliphatic rings. The summed E-state index contributed by atoms with van der Waals surface area (Å²) in [5.74, 6) is -0.552. The van der Waals surface area contributed by atoms with Gasteiger partial charge in [-0.3, -0.25) is 4.79 Å². The molecule has 2 aromatic rings. The lowest BCUT2D eigenvalue weighted by atomic mass is 10.1. The molecular weight excluding hydrogens is 209 g/mol. The summed E-state index contributed by atoms with van der Waals surface area (Å²) in [4.78, 5) is 14.0. The number of halogens is 1. The molecule has 3 nitrogen and oxygen atoms in total. The van der Waals surface area contributed by atoms with Crippen LogP contribution in [0.4, 0.5) is 4.39 Å². The molecule has 0 saturated carbocycles. The Morgan fingerprint density at radius 3 is 3.06 bits per heavy atom. The fourth-order valence-electron chi connectivity index (χ4n) is 1.74. The molecule has 4 heteroatoms. The molecule has 1 aromatic heterocycles. The minimum atomic E-state index is -0.286. The Hall–Kier alpha value is -1.84. The molecule has 16 heavy (non-hydrogen) atoms. The van der Waals surface area contributed by atoms with Crippen LogP contribution in [0.1, 0.15) is 12.0 Å². The highest BCUT2D eigenvalue weighted by atomic mass is 19.1. The van der Waals surface area contributed by atoms with Crippen molar-refractivity contribution in [2.45, 2.75) is 12.8 Å². The summed E-state index contributed by atoms with van der Waals surface area (Å²) in [5.41, 5.74) is 1.55. The van der Waals surface area contributed by atoms with E-state index in [9.17, 15) is 9.18 Å². The standard InChI is InChI=1S/C12H12FNO2/c1-16-11(15)6-5-8-7-14-10-4-2-3-9(13)12(8)10/h2-4,7,14H,5-6H2,1H3. The van der Waals surface area contributed by atoms with Crippen molar-refractivity contribution in [1.29, 1.82) is 0 Å². The first kappa shape index (κ1) is 10.7. The van der Waals surface area contributed by atoms with Crippen molar-refractivity contribution in [3.8, 4) is 0 Å². The largest absolute Gasteiger partial charge is 0.469 e. The van der Waals surface area contributed by atoms with E-state index in [0.717, 1.165) is 11.1 Å². The minimum Gasteiger partial charge on any atom is -0.469 e. The predicted octanol–water partition coefficient (Wildman–Crippen LogP) is 2.41. The van der Waals surface area contributed by atoms with Crippen LogP contribution in [0.3, 0.4) is 0 Å². The minimum absolute atomic E-state index is 0.262. The van der Waals surface area contributed by atoms with Crippen LogP contribution in [-0.4, -0.2) is 18.1 Å². The van der Waals surface area contributed by atoms with E-state index >= 15 is 0 Å². The van der Waals surface area contributed by atoms with E-state index in [0.29, 0.717) is 11.8 Å². The van der Waals surface area contributed by atoms with Crippen molar-refractivity contribution < 1.29 is 13.9 Å². The first-order valence-corrected chi connectivity index (χ1v) is 5.03. The predicted molar refractivity (Wildman–Crippen MR) is 58.6 cm³/mol. The molecule has 0 radical (unpaired) electrons. The summed E-state index contributed by atoms with van der Waals surface area (Å²) in [6, 6.07) is 4.87. The highest BCUT2D eigenvalue weighted by molar-refractivity contribution is 5.84. The molecule has 0 bridgehead atoms. The lowest BCUT2D eigenvalue weighted by Gasteiger charge is -1.99. The van der Waals surface area contributed by atoms with Crippen molar-refractivity contribution in [2.24, 2.45) is 0 Å². The summed E-state index contributed by atoms with van der Waals surface area (Å²) in [5, 5.41) is 0.561. The van der Waals surface area contributed by atoms with Gasteiger partial charge in [0.25, 0.3) is 0 Å². The molecule has 1 heterocycles. The molecule has 0 spiro atoms. The normalized spacial score (nSPS) is 10.6. The maximum Gasteiger partial charge on any atom is 0.305 e. The van der Waals surface area contributed by atoms with Gasteiger partial charge < -0.3 is 9.72 Å². The number of carbonyl (C=O) groups excluding carboxylic acids is 1. The first-order valence-electron chi connectivity index (χ1n) is 5.03. The van der Waals surface area contributed by atoms with Crippen molar-refractivity contribution in [3.63, 3.8) is 0 Å². The van der Waals surface area contributed by atoms with Gasteiger partial charge in [0.2, 0.25) is 0 Å². The topological polar surface area (TPSA) is 42.1 Å². The molecule has 0 unspecified atom stereocenters. The van der Waals surface area contributed by atoms with Gasteiger partial charge in [-0.05, 0) is 24.1 Å². The van der Waals surface area contributed by atoms with Crippen molar-refractivity contribution in [3.05, 3.63) is 35.8 Å². The van der Waals surface area contributed by atoms with E-state index in [-0.39, 0.29) is 18.2 Å². The van der Waals surface area contributed by atoms with E-state index in [1.54, 1.807) is 18.3 Å². The number of esters is 1. The quantitative estimate of drug-likeness (QED) is 0.809. The molecule has 1 N–H and O–H groups in total. The highest BCUT2D eigenvalue weighted by Gasteiger charge is 2.09. The molecule has 1 aromatic carbocycles. The van der Waals surface area contributed by atoms with Crippen LogP contribution in [0.15, 0.2) is 24.4 Å². The summed E-state index contributed by atoms with van der Waals surface area (Å²) in [6.07, 6.45) is 2.47. The van der Waals surface area contributed by atoms with E-state index in [4.69, 9.17) is 0 Å². The van der Waals surface area contributed by atoms with Crippen molar-refractivity contribution in [2.75, 3.05) is 7.11 Å². The summed E-state index contributed by atoms with van der Waals surface area (Å²) < 4.78 is 18.1. The lowest BCUT2D eigenvalue weighted by Crippen LogP contribution is -2.01. The van der Waals surface area contributed by atoms with Gasteiger partial charge in [-0.2, -0.15) is 0 Å². The number of methoxy groups -OCH3 is 1. The Morgan fingerprint density at radius 2 is 2.31 bits per heavy atom. The molecule has 2 rings (SSSR count). The number of benzene rings is 1. The van der Waals surface area contributed by atoms with E-state index in [1.165, 1.54) is 13.2 Å². The molecule has 0 aliphatic carbocycles. The third-order valence-corrected chi connectivity index (χ3v) is 2.56. The number of ether oxygens (including phenoxy) is 1. The summed E-state index contributed by atoms with van der Waals surface area (Å²) >= 11 is 0. The Bertz CT molecular complexity index is 519. The van der Waals surface area contributed by atoms with Gasteiger partial charge in [-0.1, -0.05) is 6.07 Å². The van der Waals surface area contributed by atoms with Crippen LogP contribution in [0.5, 0.6) is 0 Å². The van der Waals surface area contributed by atoms with Crippen LogP contribution >= 0.6 is 0 Å². The molecule has 0 atom stereocenters. The maximum absolute atomic E-state index is 13.6. The number of aromatic amines is 1. The fraction of sp³-hybridized carbons (Fsp3) is 0.250. The van der Waals surface area contributed by atoms with Gasteiger partial charge in [0.1, 0.15) is 5.82 Å². The Morgan fingerprint density at radius 1 is 1.50 bits per heavy atom. The summed E-state index contributed by atoms with van der Waals surface area (Å²) in [7, 11) is 1.35. The van der Waals surface area contributed by atoms with E-state index in [2.05, 4.69) is 9.72 Å². The first-order chi connectivity index (χ1) is 7.72.